The summed E-state index contributed by atoms with van der Waals surface area (Å²) in [7, 11) is 0. The Morgan fingerprint density at radius 1 is 1.55 bits per heavy atom. The normalized spacial score (nSPS) is 11.8. The molecule has 0 bridgehead atoms. The van der Waals surface area contributed by atoms with Gasteiger partial charge in [-0.05, 0) is 11.4 Å². The summed E-state index contributed by atoms with van der Waals surface area (Å²) in [6.07, 6.45) is 1.20. The van der Waals surface area contributed by atoms with E-state index < -0.39 is 37.1 Å². The molecule has 2 aromatic heterocycles. The van der Waals surface area contributed by atoms with Gasteiger partial charge in [0.1, 0.15) is 18.0 Å². The van der Waals surface area contributed by atoms with E-state index in [4.69, 9.17) is 5.11 Å². The quantitative estimate of drug-likeness (QED) is 0.826. The minimum Gasteiger partial charge on any atom is -0.390 e. The second kappa shape index (κ2) is 5.63. The van der Waals surface area contributed by atoms with E-state index in [1.165, 1.54) is 17.7 Å². The first kappa shape index (κ1) is 14.5. The number of fused-ring (bicyclic) bond motifs is 1. The van der Waals surface area contributed by atoms with Crippen LogP contribution in [0, 0.1) is 0 Å². The number of hydrogen-bond acceptors (Lipinski definition) is 5. The molecule has 1 amide bonds. The van der Waals surface area contributed by atoms with E-state index in [-0.39, 0.29) is 0 Å². The number of alkyl halides is 2. The van der Waals surface area contributed by atoms with Crippen molar-refractivity contribution in [1.29, 1.82) is 0 Å². The number of nitrogens with one attached hydrogen (secondary N) is 1. The number of hydrogen-bond donors (Lipinski definition) is 2. The van der Waals surface area contributed by atoms with Gasteiger partial charge in [-0.15, -0.1) is 11.3 Å². The number of aromatic nitrogens is 2. The van der Waals surface area contributed by atoms with Gasteiger partial charge >= 0.3 is 0 Å². The summed E-state index contributed by atoms with van der Waals surface area (Å²) >= 11 is 1.29. The van der Waals surface area contributed by atoms with Crippen LogP contribution in [0.5, 0.6) is 0 Å². The zero-order chi connectivity index (χ0) is 14.8. The molecule has 0 aliphatic carbocycles. The Morgan fingerprint density at radius 2 is 2.30 bits per heavy atom. The van der Waals surface area contributed by atoms with Gasteiger partial charge in [0, 0.05) is 0 Å². The lowest BCUT2D eigenvalue weighted by molar-refractivity contribution is -0.124. The fourth-order valence-corrected chi connectivity index (χ4v) is 2.22. The van der Waals surface area contributed by atoms with Gasteiger partial charge in [0.15, 0.2) is 0 Å². The summed E-state index contributed by atoms with van der Waals surface area (Å²) < 4.78 is 26.6. The minimum atomic E-state index is -3.38. The van der Waals surface area contributed by atoms with Crippen LogP contribution >= 0.6 is 11.3 Å². The van der Waals surface area contributed by atoms with Gasteiger partial charge in [0.05, 0.1) is 18.3 Å². The Kier molecular flexibility index (Phi) is 4.09. The smallest absolute Gasteiger partial charge is 0.287 e. The zero-order valence-electron chi connectivity index (χ0n) is 10.2. The lowest BCUT2D eigenvalue weighted by Crippen LogP contribution is -2.41. The van der Waals surface area contributed by atoms with Crippen molar-refractivity contribution in [2.75, 3.05) is 13.2 Å². The Morgan fingerprint density at radius 3 is 3.00 bits per heavy atom. The fourth-order valence-electron chi connectivity index (χ4n) is 1.50. The van der Waals surface area contributed by atoms with Gasteiger partial charge in [-0.25, -0.2) is 13.8 Å². The molecule has 9 heteroatoms. The van der Waals surface area contributed by atoms with Crippen LogP contribution in [-0.2, 0) is 11.3 Å². The van der Waals surface area contributed by atoms with Crippen molar-refractivity contribution in [2.45, 2.75) is 12.5 Å². The predicted octanol–water partition coefficient (Wildman–Crippen LogP) is 0.202. The lowest BCUT2D eigenvalue weighted by Gasteiger charge is -2.14. The molecule has 0 spiro atoms. The summed E-state index contributed by atoms with van der Waals surface area (Å²) in [5.74, 6) is -4.13. The molecular formula is C11H11F2N3O3S. The Hall–Kier alpha value is -1.87. The zero-order valence-corrected chi connectivity index (χ0v) is 11.0. The van der Waals surface area contributed by atoms with Crippen LogP contribution in [0.15, 0.2) is 22.6 Å². The summed E-state index contributed by atoms with van der Waals surface area (Å²) in [5, 5.41) is 12.4. The second-order valence-corrected chi connectivity index (χ2v) is 5.00. The highest BCUT2D eigenvalue weighted by Crippen LogP contribution is 2.13. The molecule has 0 atom stereocenters. The van der Waals surface area contributed by atoms with Gasteiger partial charge in [-0.3, -0.25) is 14.2 Å². The number of rotatable bonds is 5. The van der Waals surface area contributed by atoms with Crippen molar-refractivity contribution in [3.05, 3.63) is 28.1 Å². The number of aliphatic hydroxyl groups excluding tert-OH is 1. The number of carbonyl (C=O) groups excluding carboxylic acids is 1. The van der Waals surface area contributed by atoms with E-state index in [2.05, 4.69) is 4.98 Å². The van der Waals surface area contributed by atoms with Crippen LogP contribution in [0.3, 0.4) is 0 Å². The van der Waals surface area contributed by atoms with Crippen molar-refractivity contribution >= 4 is 27.5 Å². The van der Waals surface area contributed by atoms with E-state index in [9.17, 15) is 18.4 Å². The summed E-state index contributed by atoms with van der Waals surface area (Å²) in [6, 6.07) is 1.59. The lowest BCUT2D eigenvalue weighted by atomic mass is 10.3. The number of nitrogens with zero attached hydrogens (tertiary/aromatic N) is 2. The molecule has 20 heavy (non-hydrogen) atoms. The molecule has 0 saturated carbocycles. The molecule has 108 valence electrons. The molecule has 2 rings (SSSR count). The fraction of sp³-hybridized carbons (Fsp3) is 0.364. The van der Waals surface area contributed by atoms with Crippen molar-refractivity contribution in [1.82, 2.24) is 14.9 Å². The van der Waals surface area contributed by atoms with Crippen molar-refractivity contribution < 1.29 is 18.7 Å². The van der Waals surface area contributed by atoms with Gasteiger partial charge in [0.2, 0.25) is 5.91 Å². The SMILES string of the molecule is O=C(Cn1cnc2sccc2c1=O)NCC(F)(F)CO. The van der Waals surface area contributed by atoms with Crippen molar-refractivity contribution in [2.24, 2.45) is 0 Å². The predicted molar refractivity (Wildman–Crippen MR) is 68.9 cm³/mol. The minimum absolute atomic E-state index is 0.381. The van der Waals surface area contributed by atoms with Gasteiger partial charge in [-0.2, -0.15) is 0 Å². The van der Waals surface area contributed by atoms with E-state index >= 15 is 0 Å². The van der Waals surface area contributed by atoms with Crippen molar-refractivity contribution in [3.63, 3.8) is 0 Å². The first-order valence-electron chi connectivity index (χ1n) is 5.61. The third-order valence-corrected chi connectivity index (χ3v) is 3.36. The molecule has 0 fully saturated rings. The maximum Gasteiger partial charge on any atom is 0.287 e. The van der Waals surface area contributed by atoms with Crippen molar-refractivity contribution in [3.8, 4) is 0 Å². The largest absolute Gasteiger partial charge is 0.390 e. The highest BCUT2D eigenvalue weighted by atomic mass is 32.1. The summed E-state index contributed by atoms with van der Waals surface area (Å²) in [4.78, 5) is 28.0. The molecule has 0 saturated heterocycles. The van der Waals surface area contributed by atoms with Crippen LogP contribution in [0.2, 0.25) is 0 Å². The third kappa shape index (κ3) is 3.17. The molecule has 0 aromatic carbocycles. The van der Waals surface area contributed by atoms with Crippen LogP contribution in [0.1, 0.15) is 0 Å². The Balaban J connectivity index is 2.07. The van der Waals surface area contributed by atoms with E-state index in [0.717, 1.165) is 4.57 Å². The number of halogens is 2. The third-order valence-electron chi connectivity index (χ3n) is 2.54. The Labute approximate surface area is 115 Å². The number of amides is 1. The average Bonchev–Trinajstić information content (AvgIpc) is 2.89. The monoisotopic (exact) mass is 303 g/mol. The van der Waals surface area contributed by atoms with Gasteiger partial charge < -0.3 is 10.4 Å². The number of carbonyl (C=O) groups is 1. The second-order valence-electron chi connectivity index (χ2n) is 4.11. The van der Waals surface area contributed by atoms with Crippen LogP contribution in [0.25, 0.3) is 10.2 Å². The molecule has 0 unspecified atom stereocenters. The highest BCUT2D eigenvalue weighted by molar-refractivity contribution is 7.16. The van der Waals surface area contributed by atoms with Crippen LogP contribution in [0.4, 0.5) is 8.78 Å². The molecule has 0 radical (unpaired) electrons. The van der Waals surface area contributed by atoms with Gasteiger partial charge in [0.25, 0.3) is 11.5 Å². The first-order valence-corrected chi connectivity index (χ1v) is 6.49. The molecule has 6 nitrogen and oxygen atoms in total. The number of aliphatic hydroxyl groups is 1. The maximum atomic E-state index is 12.8. The van der Waals surface area contributed by atoms with Crippen LogP contribution in [-0.4, -0.2) is 39.6 Å². The molecule has 0 aliphatic heterocycles. The van der Waals surface area contributed by atoms with E-state index in [1.807, 2.05) is 5.32 Å². The average molecular weight is 303 g/mol. The molecule has 2 heterocycles. The standard InChI is InChI=1S/C11H11F2N3O3S/c12-11(13,5-17)4-14-8(18)3-16-6-15-9-7(10(16)19)1-2-20-9/h1-2,6,17H,3-5H2,(H,14,18). The maximum absolute atomic E-state index is 12.8. The van der Waals surface area contributed by atoms with Crippen LogP contribution < -0.4 is 10.9 Å². The Bertz CT molecular complexity index is 683. The van der Waals surface area contributed by atoms with Gasteiger partial charge in [-0.1, -0.05) is 0 Å². The molecule has 0 aliphatic rings. The van der Waals surface area contributed by atoms with E-state index in [1.54, 1.807) is 11.4 Å². The number of thiophene rings is 1. The summed E-state index contributed by atoms with van der Waals surface area (Å²) in [6.45, 7) is -2.74. The summed E-state index contributed by atoms with van der Waals surface area (Å²) in [5.41, 5.74) is -0.402. The topological polar surface area (TPSA) is 84.2 Å². The first-order chi connectivity index (χ1) is 9.43. The highest BCUT2D eigenvalue weighted by Gasteiger charge is 2.28. The molecule has 2 aromatic rings. The van der Waals surface area contributed by atoms with E-state index in [0.29, 0.717) is 10.2 Å². The molecular weight excluding hydrogens is 292 g/mol. The molecule has 2 N–H and O–H groups in total.